The molecule has 1 unspecified atom stereocenters. The molecule has 4 nitrogen and oxygen atoms in total. The fourth-order valence-electron chi connectivity index (χ4n) is 2.53. The maximum absolute atomic E-state index is 12.1. The van der Waals surface area contributed by atoms with Crippen LogP contribution < -0.4 is 0 Å². The van der Waals surface area contributed by atoms with Gasteiger partial charge in [-0.1, -0.05) is 6.92 Å². The summed E-state index contributed by atoms with van der Waals surface area (Å²) < 4.78 is 5.14. The Morgan fingerprint density at radius 2 is 2.39 bits per heavy atom. The third-order valence-electron chi connectivity index (χ3n) is 3.52. The van der Waals surface area contributed by atoms with E-state index in [1.165, 1.54) is 6.42 Å². The van der Waals surface area contributed by atoms with E-state index >= 15 is 0 Å². The van der Waals surface area contributed by atoms with Crippen molar-refractivity contribution in [3.05, 3.63) is 23.1 Å². The molecular weight excluding hydrogens is 252 g/mol. The first-order chi connectivity index (χ1) is 8.61. The second-order valence-corrected chi connectivity index (χ2v) is 5.09. The molecule has 1 saturated heterocycles. The lowest BCUT2D eigenvalue weighted by atomic mass is 10.2. The Morgan fingerprint density at radius 1 is 1.61 bits per heavy atom. The fraction of sp³-hybridized carbons (Fsp3) is 0.615. The Labute approximate surface area is 112 Å². The van der Waals surface area contributed by atoms with Crippen molar-refractivity contribution >= 4 is 17.5 Å². The second-order valence-electron chi connectivity index (χ2n) is 4.71. The minimum Gasteiger partial charge on any atom is -0.440 e. The summed E-state index contributed by atoms with van der Waals surface area (Å²) >= 11 is 5.68. The molecule has 0 saturated carbocycles. The van der Waals surface area contributed by atoms with Crippen LogP contribution in [0.2, 0.25) is 5.22 Å². The molecule has 18 heavy (non-hydrogen) atoms. The van der Waals surface area contributed by atoms with E-state index in [1.54, 1.807) is 17.0 Å². The molecule has 1 aromatic rings. The van der Waals surface area contributed by atoms with Gasteiger partial charge in [0.2, 0.25) is 0 Å². The van der Waals surface area contributed by atoms with Crippen LogP contribution in [0.15, 0.2) is 16.5 Å². The smallest absolute Gasteiger partial charge is 0.289 e. The summed E-state index contributed by atoms with van der Waals surface area (Å²) in [5.41, 5.74) is 0. The summed E-state index contributed by atoms with van der Waals surface area (Å²) in [4.78, 5) is 16.2. The molecule has 1 atom stereocenters. The average Bonchev–Trinajstić information content (AvgIpc) is 2.96. The zero-order valence-electron chi connectivity index (χ0n) is 10.9. The molecule has 2 heterocycles. The van der Waals surface area contributed by atoms with Gasteiger partial charge in [-0.25, -0.2) is 0 Å². The highest BCUT2D eigenvalue weighted by molar-refractivity contribution is 6.29. The van der Waals surface area contributed by atoms with Crippen LogP contribution in [0.3, 0.4) is 0 Å². The molecule has 1 aromatic heterocycles. The third kappa shape index (κ3) is 2.87. The number of likely N-dealkylation sites (tertiary alicyclic amines) is 1. The summed E-state index contributed by atoms with van der Waals surface area (Å²) in [6, 6.07) is 3.68. The highest BCUT2D eigenvalue weighted by atomic mass is 35.5. The average molecular weight is 271 g/mol. The Morgan fingerprint density at radius 3 is 3.00 bits per heavy atom. The number of likely N-dealkylation sites (N-methyl/N-ethyl adjacent to an activating group) is 2. The number of furan rings is 1. The van der Waals surface area contributed by atoms with Crippen LogP contribution in [0.4, 0.5) is 0 Å². The van der Waals surface area contributed by atoms with Crippen molar-refractivity contribution in [3.63, 3.8) is 0 Å². The molecule has 100 valence electrons. The summed E-state index contributed by atoms with van der Waals surface area (Å²) in [7, 11) is 1.81. The minimum absolute atomic E-state index is 0.107. The van der Waals surface area contributed by atoms with E-state index in [0.29, 0.717) is 11.8 Å². The van der Waals surface area contributed by atoms with Gasteiger partial charge in [0.1, 0.15) is 0 Å². The number of hydrogen-bond acceptors (Lipinski definition) is 3. The predicted molar refractivity (Wildman–Crippen MR) is 70.9 cm³/mol. The summed E-state index contributed by atoms with van der Waals surface area (Å²) in [6.07, 6.45) is 2.37. The standard InChI is InChI=1S/C13H19ClN2O2/c1-3-16-8-4-5-10(16)9-15(2)13(17)11-6-7-12(14)18-11/h6-7,10H,3-5,8-9H2,1-2H3. The van der Waals surface area contributed by atoms with Crippen molar-refractivity contribution in [1.82, 2.24) is 9.80 Å². The van der Waals surface area contributed by atoms with Crippen molar-refractivity contribution in [2.24, 2.45) is 0 Å². The first-order valence-corrected chi connectivity index (χ1v) is 6.74. The van der Waals surface area contributed by atoms with Gasteiger partial charge in [0.25, 0.3) is 5.91 Å². The van der Waals surface area contributed by atoms with Gasteiger partial charge >= 0.3 is 0 Å². The van der Waals surface area contributed by atoms with Crippen molar-refractivity contribution in [2.75, 3.05) is 26.7 Å². The maximum Gasteiger partial charge on any atom is 0.289 e. The van der Waals surface area contributed by atoms with Crippen molar-refractivity contribution in [3.8, 4) is 0 Å². The number of carbonyl (C=O) groups excluding carboxylic acids is 1. The first kappa shape index (κ1) is 13.4. The van der Waals surface area contributed by atoms with E-state index in [2.05, 4.69) is 11.8 Å². The summed E-state index contributed by atoms with van der Waals surface area (Å²) in [6.45, 7) is 5.08. The van der Waals surface area contributed by atoms with E-state index < -0.39 is 0 Å². The van der Waals surface area contributed by atoms with Gasteiger partial charge in [-0.05, 0) is 49.7 Å². The van der Waals surface area contributed by atoms with Crippen LogP contribution in [0.1, 0.15) is 30.3 Å². The van der Waals surface area contributed by atoms with Gasteiger partial charge in [-0.15, -0.1) is 0 Å². The summed E-state index contributed by atoms with van der Waals surface area (Å²) in [5, 5.41) is 0.253. The number of rotatable bonds is 4. The van der Waals surface area contributed by atoms with Crippen molar-refractivity contribution < 1.29 is 9.21 Å². The van der Waals surface area contributed by atoms with Crippen molar-refractivity contribution in [2.45, 2.75) is 25.8 Å². The van der Waals surface area contributed by atoms with Gasteiger partial charge in [0, 0.05) is 19.6 Å². The van der Waals surface area contributed by atoms with Gasteiger partial charge in [-0.3, -0.25) is 9.69 Å². The number of nitrogens with zero attached hydrogens (tertiary/aromatic N) is 2. The topological polar surface area (TPSA) is 36.7 Å². The molecule has 1 aliphatic rings. The molecular formula is C13H19ClN2O2. The Hall–Kier alpha value is -1.00. The van der Waals surface area contributed by atoms with Crippen molar-refractivity contribution in [1.29, 1.82) is 0 Å². The number of amides is 1. The molecule has 0 bridgehead atoms. The molecule has 0 N–H and O–H groups in total. The van der Waals surface area contributed by atoms with Gasteiger partial charge in [-0.2, -0.15) is 0 Å². The van der Waals surface area contributed by atoms with Crippen LogP contribution in [0, 0.1) is 0 Å². The SMILES string of the molecule is CCN1CCCC1CN(C)C(=O)c1ccc(Cl)o1. The van der Waals surface area contributed by atoms with Crippen LogP contribution >= 0.6 is 11.6 Å². The second kappa shape index (κ2) is 5.76. The Balaban J connectivity index is 1.95. The van der Waals surface area contributed by atoms with Crippen LogP contribution in [-0.2, 0) is 0 Å². The first-order valence-electron chi connectivity index (χ1n) is 6.36. The molecule has 2 rings (SSSR count). The molecule has 5 heteroatoms. The number of halogens is 1. The van der Waals surface area contributed by atoms with E-state index in [4.69, 9.17) is 16.0 Å². The van der Waals surface area contributed by atoms with Gasteiger partial charge < -0.3 is 9.32 Å². The summed E-state index contributed by atoms with van der Waals surface area (Å²) in [5.74, 6) is 0.202. The van der Waals surface area contributed by atoms with Crippen LogP contribution in [0.5, 0.6) is 0 Å². The number of hydrogen-bond donors (Lipinski definition) is 0. The monoisotopic (exact) mass is 270 g/mol. The highest BCUT2D eigenvalue weighted by Gasteiger charge is 2.26. The molecule has 0 aliphatic carbocycles. The third-order valence-corrected chi connectivity index (χ3v) is 3.72. The fourth-order valence-corrected chi connectivity index (χ4v) is 2.68. The minimum atomic E-state index is -0.107. The predicted octanol–water partition coefficient (Wildman–Crippen LogP) is 2.49. The van der Waals surface area contributed by atoms with Gasteiger partial charge in [0.05, 0.1) is 0 Å². The van der Waals surface area contributed by atoms with Crippen LogP contribution in [0.25, 0.3) is 0 Å². The Kier molecular flexibility index (Phi) is 4.30. The largest absolute Gasteiger partial charge is 0.440 e. The molecule has 0 aromatic carbocycles. The molecule has 1 amide bonds. The normalized spacial score (nSPS) is 20.3. The van der Waals surface area contributed by atoms with Crippen LogP contribution in [-0.4, -0.2) is 48.4 Å². The highest BCUT2D eigenvalue weighted by Crippen LogP contribution is 2.19. The van der Waals surface area contributed by atoms with E-state index in [0.717, 1.165) is 26.1 Å². The molecule has 1 aliphatic heterocycles. The van der Waals surface area contributed by atoms with E-state index in [-0.39, 0.29) is 11.1 Å². The molecule has 1 fully saturated rings. The zero-order valence-corrected chi connectivity index (χ0v) is 11.6. The quantitative estimate of drug-likeness (QED) is 0.843. The maximum atomic E-state index is 12.1. The lowest BCUT2D eigenvalue weighted by Crippen LogP contribution is -2.41. The lowest BCUT2D eigenvalue weighted by molar-refractivity contribution is 0.0723. The van der Waals surface area contributed by atoms with E-state index in [1.807, 2.05) is 7.05 Å². The van der Waals surface area contributed by atoms with E-state index in [9.17, 15) is 4.79 Å². The Bertz CT molecular complexity index is 419. The zero-order chi connectivity index (χ0) is 13.1. The lowest BCUT2D eigenvalue weighted by Gasteiger charge is -2.27. The molecule has 0 spiro atoms. The molecule has 0 radical (unpaired) electrons. The number of carbonyl (C=O) groups is 1. The van der Waals surface area contributed by atoms with Gasteiger partial charge in [0.15, 0.2) is 11.0 Å².